The average Bonchev–Trinajstić information content (AvgIpc) is 2.37. The first kappa shape index (κ1) is 15.3. The lowest BCUT2D eigenvalue weighted by Crippen LogP contribution is -2.31. The van der Waals surface area contributed by atoms with Gasteiger partial charge in [-0.2, -0.15) is 0 Å². The van der Waals surface area contributed by atoms with E-state index in [2.05, 4.69) is 5.32 Å². The van der Waals surface area contributed by atoms with Crippen LogP contribution in [0.4, 0.5) is 0 Å². The highest BCUT2D eigenvalue weighted by Crippen LogP contribution is 2.27. The van der Waals surface area contributed by atoms with Crippen molar-refractivity contribution in [1.29, 1.82) is 0 Å². The van der Waals surface area contributed by atoms with Crippen molar-refractivity contribution in [1.82, 2.24) is 5.32 Å². The van der Waals surface area contributed by atoms with Gasteiger partial charge < -0.3 is 20.6 Å². The number of carboxylic acid groups (broad SMARTS) is 1. The third-order valence-electron chi connectivity index (χ3n) is 3.75. The molecule has 3 atom stereocenters. The first-order valence-corrected chi connectivity index (χ1v) is 6.92. The van der Waals surface area contributed by atoms with Crippen molar-refractivity contribution >= 4 is 11.9 Å². The van der Waals surface area contributed by atoms with Crippen LogP contribution in [0, 0.1) is 11.8 Å². The van der Waals surface area contributed by atoms with Crippen LogP contribution in [0.3, 0.4) is 0 Å². The van der Waals surface area contributed by atoms with E-state index in [0.29, 0.717) is 30.5 Å². The van der Waals surface area contributed by atoms with Crippen LogP contribution in [-0.2, 0) is 9.59 Å². The van der Waals surface area contributed by atoms with Crippen molar-refractivity contribution in [2.45, 2.75) is 32.3 Å². The first-order chi connectivity index (χ1) is 9.88. The molecule has 3 unspecified atom stereocenters. The van der Waals surface area contributed by atoms with E-state index in [1.807, 2.05) is 0 Å². The molecule has 4 N–H and O–H groups in total. The Labute approximate surface area is 122 Å². The van der Waals surface area contributed by atoms with Gasteiger partial charge >= 0.3 is 5.97 Å². The molecular weight excluding hydrogens is 274 g/mol. The number of aliphatic hydroxyl groups is 2. The standard InChI is InChI=1S/C15H19NO5/c1-8-5-10(7-12(18)13(8)15(20)21)16-14(19)9-3-2-4-11(17)6-9/h3,5,7-8,11,13,17-18H,2,4,6H2,1H3,(H,16,19)(H,20,21). The Hall–Kier alpha value is -2.08. The van der Waals surface area contributed by atoms with E-state index < -0.39 is 23.9 Å². The fraction of sp³-hybridized carbons (Fsp3) is 0.467. The minimum absolute atomic E-state index is 0.273. The van der Waals surface area contributed by atoms with E-state index in [-0.39, 0.29) is 11.7 Å². The van der Waals surface area contributed by atoms with Crippen molar-refractivity contribution in [3.05, 3.63) is 35.3 Å². The molecule has 0 bridgehead atoms. The Kier molecular flexibility index (Phi) is 4.47. The quantitative estimate of drug-likeness (QED) is 0.626. The zero-order chi connectivity index (χ0) is 15.6. The second-order valence-corrected chi connectivity index (χ2v) is 5.49. The van der Waals surface area contributed by atoms with Gasteiger partial charge in [0, 0.05) is 17.7 Å². The number of aliphatic carboxylic acids is 1. The monoisotopic (exact) mass is 293 g/mol. The van der Waals surface area contributed by atoms with Crippen LogP contribution in [-0.4, -0.2) is 33.3 Å². The molecule has 6 nitrogen and oxygen atoms in total. The van der Waals surface area contributed by atoms with E-state index in [0.717, 1.165) is 0 Å². The molecule has 0 spiro atoms. The molecule has 114 valence electrons. The van der Waals surface area contributed by atoms with Gasteiger partial charge in [-0.15, -0.1) is 0 Å². The number of hydrogen-bond donors (Lipinski definition) is 4. The molecule has 2 rings (SSSR count). The maximum atomic E-state index is 12.1. The topological polar surface area (TPSA) is 107 Å². The fourth-order valence-electron chi connectivity index (χ4n) is 2.66. The third kappa shape index (κ3) is 3.52. The highest BCUT2D eigenvalue weighted by Gasteiger charge is 2.31. The number of rotatable bonds is 3. The molecule has 0 aromatic rings. The molecule has 0 radical (unpaired) electrons. The number of nitrogens with one attached hydrogen (secondary N) is 1. The minimum atomic E-state index is -1.10. The largest absolute Gasteiger partial charge is 0.511 e. The molecule has 0 aliphatic heterocycles. The molecule has 0 saturated heterocycles. The molecule has 0 heterocycles. The second kappa shape index (κ2) is 6.13. The van der Waals surface area contributed by atoms with Gasteiger partial charge in [0.15, 0.2) is 0 Å². The van der Waals surface area contributed by atoms with Crippen molar-refractivity contribution < 1.29 is 24.9 Å². The Morgan fingerprint density at radius 1 is 1.38 bits per heavy atom. The summed E-state index contributed by atoms with van der Waals surface area (Å²) in [6.07, 6.45) is 5.77. The number of allylic oxidation sites excluding steroid dienone is 3. The first-order valence-electron chi connectivity index (χ1n) is 6.92. The molecule has 0 aromatic carbocycles. The van der Waals surface area contributed by atoms with Crippen LogP contribution < -0.4 is 5.32 Å². The van der Waals surface area contributed by atoms with Gasteiger partial charge in [0.1, 0.15) is 11.7 Å². The highest BCUT2D eigenvalue weighted by atomic mass is 16.4. The number of hydrogen-bond acceptors (Lipinski definition) is 4. The Balaban J connectivity index is 2.07. The molecule has 6 heteroatoms. The van der Waals surface area contributed by atoms with Crippen LogP contribution in [0.2, 0.25) is 0 Å². The maximum absolute atomic E-state index is 12.1. The number of carbonyl (C=O) groups is 2. The van der Waals surface area contributed by atoms with E-state index in [4.69, 9.17) is 5.11 Å². The van der Waals surface area contributed by atoms with E-state index >= 15 is 0 Å². The number of carbonyl (C=O) groups excluding carboxylic acids is 1. The van der Waals surface area contributed by atoms with Gasteiger partial charge in [-0.3, -0.25) is 9.59 Å². The molecular formula is C15H19NO5. The van der Waals surface area contributed by atoms with Gasteiger partial charge in [-0.1, -0.05) is 19.1 Å². The lowest BCUT2D eigenvalue weighted by molar-refractivity contribution is -0.142. The fourth-order valence-corrected chi connectivity index (χ4v) is 2.66. The highest BCUT2D eigenvalue weighted by molar-refractivity contribution is 5.95. The lowest BCUT2D eigenvalue weighted by atomic mass is 9.87. The molecule has 2 aliphatic rings. The normalized spacial score (nSPS) is 29.0. The number of amides is 1. The Bertz CT molecular complexity index is 546. The average molecular weight is 293 g/mol. The van der Waals surface area contributed by atoms with Crippen LogP contribution in [0.5, 0.6) is 0 Å². The maximum Gasteiger partial charge on any atom is 0.314 e. The summed E-state index contributed by atoms with van der Waals surface area (Å²) >= 11 is 0. The summed E-state index contributed by atoms with van der Waals surface area (Å²) in [5.41, 5.74) is 0.888. The molecule has 1 amide bonds. The SMILES string of the molecule is CC1C=C(NC(=O)C2=CCCC(O)C2)C=C(O)C1C(=O)O. The summed E-state index contributed by atoms with van der Waals surface area (Å²) in [5.74, 6) is -3.11. The van der Waals surface area contributed by atoms with Gasteiger partial charge in [0.25, 0.3) is 5.91 Å². The molecule has 21 heavy (non-hydrogen) atoms. The van der Waals surface area contributed by atoms with E-state index in [9.17, 15) is 19.8 Å². The van der Waals surface area contributed by atoms with Gasteiger partial charge in [0.05, 0.1) is 6.10 Å². The van der Waals surface area contributed by atoms with Gasteiger partial charge in [0.2, 0.25) is 0 Å². The van der Waals surface area contributed by atoms with Gasteiger partial charge in [-0.25, -0.2) is 0 Å². The zero-order valence-corrected chi connectivity index (χ0v) is 11.7. The second-order valence-electron chi connectivity index (χ2n) is 5.49. The van der Waals surface area contributed by atoms with Crippen LogP contribution in [0.15, 0.2) is 35.3 Å². The van der Waals surface area contributed by atoms with Crippen molar-refractivity contribution in [2.24, 2.45) is 11.8 Å². The Morgan fingerprint density at radius 2 is 2.10 bits per heavy atom. The summed E-state index contributed by atoms with van der Waals surface area (Å²) in [5, 5.41) is 31.0. The van der Waals surface area contributed by atoms with Gasteiger partial charge in [-0.05, 0) is 24.8 Å². The summed E-state index contributed by atoms with van der Waals surface area (Å²) in [6.45, 7) is 1.66. The van der Waals surface area contributed by atoms with E-state index in [1.54, 1.807) is 19.1 Å². The van der Waals surface area contributed by atoms with Crippen LogP contribution in [0.1, 0.15) is 26.2 Å². The Morgan fingerprint density at radius 3 is 2.67 bits per heavy atom. The summed E-state index contributed by atoms with van der Waals surface area (Å²) in [6, 6.07) is 0. The molecule has 0 aromatic heterocycles. The number of aliphatic hydroxyl groups excluding tert-OH is 2. The third-order valence-corrected chi connectivity index (χ3v) is 3.75. The predicted molar refractivity (Wildman–Crippen MR) is 75.2 cm³/mol. The predicted octanol–water partition coefficient (Wildman–Crippen LogP) is 1.25. The van der Waals surface area contributed by atoms with Crippen molar-refractivity contribution in [3.8, 4) is 0 Å². The number of carboxylic acids is 1. The van der Waals surface area contributed by atoms with Crippen molar-refractivity contribution in [2.75, 3.05) is 0 Å². The zero-order valence-electron chi connectivity index (χ0n) is 11.7. The van der Waals surface area contributed by atoms with Crippen LogP contribution in [0.25, 0.3) is 0 Å². The minimum Gasteiger partial charge on any atom is -0.511 e. The lowest BCUT2D eigenvalue weighted by Gasteiger charge is -2.23. The van der Waals surface area contributed by atoms with E-state index in [1.165, 1.54) is 6.08 Å². The summed E-state index contributed by atoms with van der Waals surface area (Å²) < 4.78 is 0. The van der Waals surface area contributed by atoms with Crippen LogP contribution >= 0.6 is 0 Å². The summed E-state index contributed by atoms with van der Waals surface area (Å²) in [4.78, 5) is 23.1. The molecule has 0 fully saturated rings. The summed E-state index contributed by atoms with van der Waals surface area (Å²) in [7, 11) is 0. The smallest absolute Gasteiger partial charge is 0.314 e. The molecule has 2 aliphatic carbocycles. The van der Waals surface area contributed by atoms with Crippen molar-refractivity contribution in [3.63, 3.8) is 0 Å². The molecule has 0 saturated carbocycles.